The number of hydrogen-bond acceptors (Lipinski definition) is 2. The maximum absolute atomic E-state index is 13.2. The van der Waals surface area contributed by atoms with Crippen molar-refractivity contribution < 1.29 is 8.78 Å². The van der Waals surface area contributed by atoms with Gasteiger partial charge in [0.1, 0.15) is 12.5 Å². The molecular weight excluding hydrogens is 361 g/mol. The molecule has 19 heavy (non-hydrogen) atoms. The first-order valence-electron chi connectivity index (χ1n) is 5.68. The molecule has 0 aromatic heterocycles. The molecule has 1 aliphatic rings. The summed E-state index contributed by atoms with van der Waals surface area (Å²) in [6.45, 7) is 2.95. The molecule has 1 aromatic rings. The Labute approximate surface area is 132 Å². The molecule has 1 aromatic carbocycles. The highest BCUT2D eigenvalue weighted by Crippen LogP contribution is 2.26. The van der Waals surface area contributed by atoms with Gasteiger partial charge in [0, 0.05) is 26.2 Å². The summed E-state index contributed by atoms with van der Waals surface area (Å²) in [7, 11) is 0. The molecule has 2 nitrogen and oxygen atoms in total. The van der Waals surface area contributed by atoms with Crippen LogP contribution in [0.4, 0.5) is 8.78 Å². The molecule has 7 heteroatoms. The lowest BCUT2D eigenvalue weighted by Gasteiger charge is -2.33. The van der Waals surface area contributed by atoms with Crippen molar-refractivity contribution in [3.05, 3.63) is 34.1 Å². The molecule has 0 bridgehead atoms. The summed E-state index contributed by atoms with van der Waals surface area (Å²) in [4.78, 5) is 2.09. The molecule has 1 fully saturated rings. The minimum Gasteiger partial charge on any atom is -0.314 e. The predicted octanol–water partition coefficient (Wildman–Crippen LogP) is 3.35. The van der Waals surface area contributed by atoms with Crippen molar-refractivity contribution in [1.29, 1.82) is 0 Å². The average Bonchev–Trinajstić information content (AvgIpc) is 2.36. The summed E-state index contributed by atoms with van der Waals surface area (Å²) in [5, 5.41) is 3.23. The van der Waals surface area contributed by atoms with Crippen LogP contribution in [0.5, 0.6) is 0 Å². The van der Waals surface area contributed by atoms with Crippen LogP contribution in [0.3, 0.4) is 0 Å². The van der Waals surface area contributed by atoms with Crippen LogP contribution in [0.25, 0.3) is 0 Å². The van der Waals surface area contributed by atoms with Gasteiger partial charge in [-0.1, -0.05) is 6.07 Å². The van der Waals surface area contributed by atoms with Crippen molar-refractivity contribution in [2.75, 3.05) is 32.9 Å². The van der Waals surface area contributed by atoms with Crippen LogP contribution in [0.15, 0.2) is 22.7 Å². The summed E-state index contributed by atoms with van der Waals surface area (Å²) in [5.41, 5.74) is 0.822. The summed E-state index contributed by atoms with van der Waals surface area (Å²) >= 11 is 3.14. The Balaban J connectivity index is 0.00000162. The van der Waals surface area contributed by atoms with Crippen LogP contribution in [0, 0.1) is 5.82 Å². The fourth-order valence-corrected chi connectivity index (χ4v) is 2.51. The Morgan fingerprint density at radius 3 is 2.42 bits per heavy atom. The minimum absolute atomic E-state index is 0. The Morgan fingerprint density at radius 2 is 1.89 bits per heavy atom. The zero-order valence-electron chi connectivity index (χ0n) is 10.2. The lowest BCUT2D eigenvalue weighted by molar-refractivity contribution is 0.147. The van der Waals surface area contributed by atoms with E-state index < -0.39 is 6.67 Å². The SMILES string of the molecule is Cl.Cl.FC[C@@H](c1ccc(F)c(Br)c1)N1CCNCC1. The highest BCUT2D eigenvalue weighted by Gasteiger charge is 2.22. The molecule has 0 amide bonds. The van der Waals surface area contributed by atoms with E-state index in [9.17, 15) is 8.78 Å². The molecule has 0 spiro atoms. The molecule has 1 N–H and O–H groups in total. The predicted molar refractivity (Wildman–Crippen MR) is 81.8 cm³/mol. The Morgan fingerprint density at radius 1 is 1.26 bits per heavy atom. The number of rotatable bonds is 3. The third-order valence-electron chi connectivity index (χ3n) is 3.07. The third-order valence-corrected chi connectivity index (χ3v) is 3.67. The second kappa shape index (κ2) is 9.08. The van der Waals surface area contributed by atoms with Gasteiger partial charge in [-0.2, -0.15) is 0 Å². The Hall–Kier alpha value is 0.0600. The van der Waals surface area contributed by atoms with Gasteiger partial charge in [-0.3, -0.25) is 4.90 Å². The van der Waals surface area contributed by atoms with E-state index in [0.29, 0.717) is 4.47 Å². The first-order valence-corrected chi connectivity index (χ1v) is 6.47. The van der Waals surface area contributed by atoms with Crippen molar-refractivity contribution in [1.82, 2.24) is 10.2 Å². The van der Waals surface area contributed by atoms with Crippen molar-refractivity contribution in [2.24, 2.45) is 0 Å². The summed E-state index contributed by atoms with van der Waals surface area (Å²) < 4.78 is 26.7. The molecule has 1 saturated heterocycles. The standard InChI is InChI=1S/C12H15BrF2N2.2ClH/c13-10-7-9(1-2-11(10)15)12(8-14)17-5-3-16-4-6-17;;/h1-2,7,12,16H,3-6,8H2;2*1H/t12-;;/m0../s1. The zero-order chi connectivity index (χ0) is 12.3. The Kier molecular flexibility index (Phi) is 9.11. The molecule has 0 saturated carbocycles. The van der Waals surface area contributed by atoms with E-state index >= 15 is 0 Å². The van der Waals surface area contributed by atoms with E-state index in [0.717, 1.165) is 31.7 Å². The average molecular weight is 378 g/mol. The first-order chi connectivity index (χ1) is 8.22. The quantitative estimate of drug-likeness (QED) is 0.868. The van der Waals surface area contributed by atoms with Gasteiger partial charge in [0.2, 0.25) is 0 Å². The van der Waals surface area contributed by atoms with Crippen molar-refractivity contribution in [2.45, 2.75) is 6.04 Å². The first kappa shape index (κ1) is 19.1. The largest absolute Gasteiger partial charge is 0.314 e. The van der Waals surface area contributed by atoms with Gasteiger partial charge in [-0.15, -0.1) is 24.8 Å². The fourth-order valence-electron chi connectivity index (χ4n) is 2.11. The van der Waals surface area contributed by atoms with Crippen molar-refractivity contribution in [3.63, 3.8) is 0 Å². The van der Waals surface area contributed by atoms with E-state index in [1.165, 1.54) is 6.07 Å². The smallest absolute Gasteiger partial charge is 0.137 e. The normalized spacial score (nSPS) is 17.2. The van der Waals surface area contributed by atoms with Gasteiger partial charge in [0.15, 0.2) is 0 Å². The van der Waals surface area contributed by atoms with Gasteiger partial charge in [-0.25, -0.2) is 8.78 Å². The molecule has 110 valence electrons. The lowest BCUT2D eigenvalue weighted by Crippen LogP contribution is -2.45. The topological polar surface area (TPSA) is 15.3 Å². The third kappa shape index (κ3) is 4.83. The number of alkyl halides is 1. The number of hydrogen-bond donors (Lipinski definition) is 1. The van der Waals surface area contributed by atoms with Gasteiger partial charge < -0.3 is 5.32 Å². The maximum Gasteiger partial charge on any atom is 0.137 e. The van der Waals surface area contributed by atoms with Crippen LogP contribution in [-0.2, 0) is 0 Å². The van der Waals surface area contributed by atoms with E-state index in [4.69, 9.17) is 0 Å². The number of nitrogens with one attached hydrogen (secondary N) is 1. The van der Waals surface area contributed by atoms with Crippen molar-refractivity contribution >= 4 is 40.7 Å². The molecule has 1 heterocycles. The summed E-state index contributed by atoms with van der Waals surface area (Å²) in [5.74, 6) is -0.313. The second-order valence-corrected chi connectivity index (χ2v) is 4.98. The summed E-state index contributed by atoms with van der Waals surface area (Å²) in [6.07, 6.45) is 0. The van der Waals surface area contributed by atoms with Gasteiger partial charge >= 0.3 is 0 Å². The molecule has 0 radical (unpaired) electrons. The maximum atomic E-state index is 13.2. The van der Waals surface area contributed by atoms with Gasteiger partial charge in [-0.05, 0) is 33.6 Å². The highest BCUT2D eigenvalue weighted by molar-refractivity contribution is 9.10. The Bertz CT molecular complexity index is 390. The number of benzene rings is 1. The van der Waals surface area contributed by atoms with Crippen LogP contribution in [0.1, 0.15) is 11.6 Å². The van der Waals surface area contributed by atoms with E-state index in [-0.39, 0.29) is 36.7 Å². The lowest BCUT2D eigenvalue weighted by atomic mass is 10.1. The van der Waals surface area contributed by atoms with E-state index in [2.05, 4.69) is 26.1 Å². The monoisotopic (exact) mass is 376 g/mol. The fraction of sp³-hybridized carbons (Fsp3) is 0.500. The van der Waals surface area contributed by atoms with Crippen LogP contribution >= 0.6 is 40.7 Å². The number of piperazine rings is 1. The van der Waals surface area contributed by atoms with E-state index in [1.807, 2.05) is 0 Å². The molecule has 1 aliphatic heterocycles. The van der Waals surface area contributed by atoms with Gasteiger partial charge in [0.25, 0.3) is 0 Å². The van der Waals surface area contributed by atoms with Gasteiger partial charge in [0.05, 0.1) is 10.5 Å². The molecule has 1 atom stereocenters. The highest BCUT2D eigenvalue weighted by atomic mass is 79.9. The molecule has 0 aliphatic carbocycles. The summed E-state index contributed by atoms with van der Waals surface area (Å²) in [6, 6.07) is 4.44. The minimum atomic E-state index is -0.446. The molecular formula is C12H17BrCl2F2N2. The van der Waals surface area contributed by atoms with Crippen LogP contribution < -0.4 is 5.32 Å². The number of halogens is 5. The molecule has 2 rings (SSSR count). The van der Waals surface area contributed by atoms with Crippen LogP contribution in [0.2, 0.25) is 0 Å². The zero-order valence-corrected chi connectivity index (χ0v) is 13.5. The second-order valence-electron chi connectivity index (χ2n) is 4.13. The number of nitrogens with zero attached hydrogens (tertiary/aromatic N) is 1. The van der Waals surface area contributed by atoms with Crippen LogP contribution in [-0.4, -0.2) is 37.8 Å². The van der Waals surface area contributed by atoms with E-state index in [1.54, 1.807) is 12.1 Å². The molecule has 0 unspecified atom stereocenters. The van der Waals surface area contributed by atoms with Crippen molar-refractivity contribution in [3.8, 4) is 0 Å².